The van der Waals surface area contributed by atoms with Crippen LogP contribution in [0.15, 0.2) is 27.0 Å². The molecule has 0 spiro atoms. The van der Waals surface area contributed by atoms with E-state index in [9.17, 15) is 9.59 Å². The van der Waals surface area contributed by atoms with E-state index in [4.69, 9.17) is 8.83 Å². The lowest BCUT2D eigenvalue weighted by atomic mass is 10.2. The van der Waals surface area contributed by atoms with Gasteiger partial charge in [0.15, 0.2) is 5.76 Å². The lowest BCUT2D eigenvalue weighted by molar-refractivity contribution is 0.0560. The molecule has 1 amide bonds. The van der Waals surface area contributed by atoms with E-state index in [0.717, 1.165) is 30.8 Å². The van der Waals surface area contributed by atoms with Gasteiger partial charge in [0.1, 0.15) is 11.5 Å². The Hall–Kier alpha value is -2.54. The molecule has 1 saturated heterocycles. The highest BCUT2D eigenvalue weighted by Crippen LogP contribution is 2.17. The van der Waals surface area contributed by atoms with Crippen molar-refractivity contribution in [1.29, 1.82) is 0 Å². The zero-order valence-electron chi connectivity index (χ0n) is 15.4. The molecule has 0 unspecified atom stereocenters. The number of ether oxygens (including phenoxy) is 1. The molecule has 2 aromatic heterocycles. The molecule has 0 atom stereocenters. The van der Waals surface area contributed by atoms with E-state index in [-0.39, 0.29) is 11.7 Å². The maximum atomic E-state index is 12.6. The Labute approximate surface area is 152 Å². The van der Waals surface area contributed by atoms with Gasteiger partial charge in [-0.25, -0.2) is 4.79 Å². The van der Waals surface area contributed by atoms with Gasteiger partial charge < -0.3 is 18.5 Å². The summed E-state index contributed by atoms with van der Waals surface area (Å²) in [5.41, 5.74) is 0.990. The number of rotatable bonds is 4. The summed E-state index contributed by atoms with van der Waals surface area (Å²) in [4.78, 5) is 28.2. The maximum Gasteiger partial charge on any atom is 0.373 e. The van der Waals surface area contributed by atoms with Crippen LogP contribution in [0.2, 0.25) is 0 Å². The number of carbonyl (C=O) groups is 2. The van der Waals surface area contributed by atoms with E-state index in [0.29, 0.717) is 31.2 Å². The fraction of sp³-hybridized carbons (Fsp3) is 0.474. The highest BCUT2D eigenvalue weighted by atomic mass is 16.5. The van der Waals surface area contributed by atoms with E-state index < -0.39 is 5.97 Å². The molecular formula is C19H24N2O5. The second-order valence-electron chi connectivity index (χ2n) is 6.53. The first-order valence-electron chi connectivity index (χ1n) is 8.73. The topological polar surface area (TPSA) is 76.1 Å². The van der Waals surface area contributed by atoms with Crippen LogP contribution in [0.1, 0.15) is 44.6 Å². The first kappa shape index (κ1) is 18.3. The van der Waals surface area contributed by atoms with Crippen LogP contribution in [0, 0.1) is 13.8 Å². The van der Waals surface area contributed by atoms with Crippen LogP contribution >= 0.6 is 0 Å². The molecule has 0 saturated carbocycles. The van der Waals surface area contributed by atoms with Gasteiger partial charge in [0.05, 0.1) is 13.7 Å². The monoisotopic (exact) mass is 360 g/mol. The Bertz CT molecular complexity index is 772. The molecule has 0 radical (unpaired) electrons. The molecule has 26 heavy (non-hydrogen) atoms. The van der Waals surface area contributed by atoms with Crippen molar-refractivity contribution in [2.45, 2.75) is 26.8 Å². The minimum Gasteiger partial charge on any atom is -0.463 e. The predicted octanol–water partition coefficient (Wildman–Crippen LogP) is 2.62. The fourth-order valence-electron chi connectivity index (χ4n) is 3.06. The summed E-state index contributed by atoms with van der Waals surface area (Å²) in [6, 6.07) is 5.21. The van der Waals surface area contributed by atoms with Gasteiger partial charge in [-0.2, -0.15) is 0 Å². The third-order valence-electron chi connectivity index (χ3n) is 4.68. The molecule has 3 rings (SSSR count). The van der Waals surface area contributed by atoms with Crippen molar-refractivity contribution >= 4 is 11.9 Å². The molecule has 140 valence electrons. The summed E-state index contributed by atoms with van der Waals surface area (Å²) in [6.45, 7) is 7.31. The second kappa shape index (κ2) is 7.78. The van der Waals surface area contributed by atoms with Crippen LogP contribution in [-0.2, 0) is 11.3 Å². The number of hydrogen-bond donors (Lipinski definition) is 0. The Morgan fingerprint density at radius 2 is 1.88 bits per heavy atom. The number of nitrogens with zero attached hydrogens (tertiary/aromatic N) is 2. The number of carbonyl (C=O) groups excluding carboxylic acids is 2. The predicted molar refractivity (Wildman–Crippen MR) is 94.0 cm³/mol. The Morgan fingerprint density at radius 3 is 2.58 bits per heavy atom. The molecule has 0 bridgehead atoms. The second-order valence-corrected chi connectivity index (χ2v) is 6.53. The van der Waals surface area contributed by atoms with Gasteiger partial charge in [-0.15, -0.1) is 0 Å². The van der Waals surface area contributed by atoms with Gasteiger partial charge in [-0.05, 0) is 44.0 Å². The SMILES string of the molecule is COC(=O)c1ccc(CN2CCCN(C(=O)c3cc(C)c(C)o3)CC2)o1. The van der Waals surface area contributed by atoms with Crippen molar-refractivity contribution in [3.05, 3.63) is 46.8 Å². The van der Waals surface area contributed by atoms with Crippen LogP contribution < -0.4 is 0 Å². The average Bonchev–Trinajstić information content (AvgIpc) is 3.14. The molecule has 2 aromatic rings. The number of furan rings is 2. The lowest BCUT2D eigenvalue weighted by Gasteiger charge is -2.20. The summed E-state index contributed by atoms with van der Waals surface area (Å²) in [5.74, 6) is 1.56. The van der Waals surface area contributed by atoms with E-state index in [2.05, 4.69) is 9.64 Å². The number of methoxy groups -OCH3 is 1. The first-order chi connectivity index (χ1) is 12.5. The zero-order valence-corrected chi connectivity index (χ0v) is 15.4. The maximum absolute atomic E-state index is 12.6. The minimum atomic E-state index is -0.479. The fourth-order valence-corrected chi connectivity index (χ4v) is 3.06. The molecule has 0 aliphatic carbocycles. The van der Waals surface area contributed by atoms with Gasteiger partial charge in [-0.1, -0.05) is 0 Å². The average molecular weight is 360 g/mol. The van der Waals surface area contributed by atoms with Crippen molar-refractivity contribution in [2.24, 2.45) is 0 Å². The minimum absolute atomic E-state index is 0.0611. The standard InChI is InChI=1S/C19H24N2O5/c1-13-11-17(25-14(13)2)18(22)21-8-4-7-20(9-10-21)12-15-5-6-16(26-15)19(23)24-3/h5-6,11H,4,7-10,12H2,1-3H3. The van der Waals surface area contributed by atoms with Crippen molar-refractivity contribution in [3.63, 3.8) is 0 Å². The van der Waals surface area contributed by atoms with E-state index in [1.165, 1.54) is 7.11 Å². The molecule has 1 aliphatic heterocycles. The summed E-state index contributed by atoms with van der Waals surface area (Å²) in [6.07, 6.45) is 0.870. The summed E-state index contributed by atoms with van der Waals surface area (Å²) in [5, 5.41) is 0. The van der Waals surface area contributed by atoms with Gasteiger partial charge in [0.2, 0.25) is 5.76 Å². The van der Waals surface area contributed by atoms with Crippen LogP contribution in [0.5, 0.6) is 0 Å². The van der Waals surface area contributed by atoms with Crippen LogP contribution in [0.4, 0.5) is 0 Å². The van der Waals surface area contributed by atoms with Crippen molar-refractivity contribution < 1.29 is 23.2 Å². The summed E-state index contributed by atoms with van der Waals surface area (Å²) in [7, 11) is 1.33. The highest BCUT2D eigenvalue weighted by Gasteiger charge is 2.23. The molecule has 0 N–H and O–H groups in total. The number of aryl methyl sites for hydroxylation is 2. The van der Waals surface area contributed by atoms with Crippen molar-refractivity contribution in [3.8, 4) is 0 Å². The lowest BCUT2D eigenvalue weighted by Crippen LogP contribution is -2.34. The van der Waals surface area contributed by atoms with Gasteiger partial charge in [0, 0.05) is 26.2 Å². The molecule has 1 fully saturated rings. The van der Waals surface area contributed by atoms with Crippen LogP contribution in [-0.4, -0.2) is 55.0 Å². The van der Waals surface area contributed by atoms with Gasteiger partial charge >= 0.3 is 5.97 Å². The summed E-state index contributed by atoms with van der Waals surface area (Å²) < 4.78 is 15.7. The van der Waals surface area contributed by atoms with E-state index in [1.807, 2.05) is 18.7 Å². The quantitative estimate of drug-likeness (QED) is 0.780. The Balaban J connectivity index is 1.58. The highest BCUT2D eigenvalue weighted by molar-refractivity contribution is 5.91. The molecule has 7 nitrogen and oxygen atoms in total. The molecule has 7 heteroatoms. The van der Waals surface area contributed by atoms with Gasteiger partial charge in [-0.3, -0.25) is 9.69 Å². The largest absolute Gasteiger partial charge is 0.463 e. The smallest absolute Gasteiger partial charge is 0.373 e. The van der Waals surface area contributed by atoms with E-state index in [1.54, 1.807) is 18.2 Å². The molecule has 3 heterocycles. The number of amides is 1. The van der Waals surface area contributed by atoms with Crippen LogP contribution in [0.25, 0.3) is 0 Å². The zero-order chi connectivity index (χ0) is 18.7. The number of hydrogen-bond acceptors (Lipinski definition) is 6. The van der Waals surface area contributed by atoms with E-state index >= 15 is 0 Å². The van der Waals surface area contributed by atoms with Gasteiger partial charge in [0.25, 0.3) is 5.91 Å². The van der Waals surface area contributed by atoms with Crippen molar-refractivity contribution in [1.82, 2.24) is 9.80 Å². The normalized spacial score (nSPS) is 15.7. The Kier molecular flexibility index (Phi) is 5.46. The molecular weight excluding hydrogens is 336 g/mol. The third-order valence-corrected chi connectivity index (χ3v) is 4.68. The Morgan fingerprint density at radius 1 is 1.08 bits per heavy atom. The number of esters is 1. The molecule has 0 aromatic carbocycles. The van der Waals surface area contributed by atoms with Crippen LogP contribution in [0.3, 0.4) is 0 Å². The third kappa shape index (κ3) is 3.99. The van der Waals surface area contributed by atoms with Crippen molar-refractivity contribution in [2.75, 3.05) is 33.3 Å². The summed E-state index contributed by atoms with van der Waals surface area (Å²) >= 11 is 0. The molecule has 1 aliphatic rings. The first-order valence-corrected chi connectivity index (χ1v) is 8.73.